The molecule has 2 rings (SSSR count). The fraction of sp³-hybridized carbons (Fsp3) is 0.294. The average molecular weight is 266 g/mol. The fourth-order valence-electron chi connectivity index (χ4n) is 2.68. The molecular weight excluding hydrogens is 248 g/mol. The van der Waals surface area contributed by atoms with Crippen LogP contribution in [0.3, 0.4) is 0 Å². The van der Waals surface area contributed by atoms with E-state index in [-0.39, 0.29) is 11.8 Å². The third kappa shape index (κ3) is 2.50. The number of pyridine rings is 1. The van der Waals surface area contributed by atoms with Crippen molar-refractivity contribution in [3.05, 3.63) is 62.6 Å². The molecule has 0 bridgehead atoms. The Labute approximate surface area is 119 Å². The SMILES string of the molecule is Cc1cc(C)c(-n2cc(CC#N)c(=O)cc2C)c(C)c1. The Bertz CT molecular complexity index is 741. The van der Waals surface area contributed by atoms with Gasteiger partial charge in [0.05, 0.1) is 18.2 Å². The highest BCUT2D eigenvalue weighted by molar-refractivity contribution is 5.50. The van der Waals surface area contributed by atoms with Crippen molar-refractivity contribution in [2.75, 3.05) is 0 Å². The largest absolute Gasteiger partial charge is 0.320 e. The number of hydrogen-bond acceptors (Lipinski definition) is 2. The lowest BCUT2D eigenvalue weighted by molar-refractivity contribution is 0.929. The van der Waals surface area contributed by atoms with Crippen molar-refractivity contribution in [1.82, 2.24) is 4.57 Å². The summed E-state index contributed by atoms with van der Waals surface area (Å²) in [5.74, 6) is 0. The molecule has 20 heavy (non-hydrogen) atoms. The van der Waals surface area contributed by atoms with Gasteiger partial charge in [0.2, 0.25) is 0 Å². The molecular formula is C17H18N2O. The molecule has 1 heterocycles. The van der Waals surface area contributed by atoms with Gasteiger partial charge in [-0.25, -0.2) is 0 Å². The number of benzene rings is 1. The zero-order valence-corrected chi connectivity index (χ0v) is 12.3. The first-order chi connectivity index (χ1) is 9.43. The van der Waals surface area contributed by atoms with E-state index in [0.717, 1.165) is 22.5 Å². The Morgan fingerprint density at radius 3 is 2.25 bits per heavy atom. The zero-order chi connectivity index (χ0) is 14.9. The molecule has 0 spiro atoms. The van der Waals surface area contributed by atoms with Crippen LogP contribution in [0, 0.1) is 39.0 Å². The highest BCUT2D eigenvalue weighted by atomic mass is 16.1. The van der Waals surface area contributed by atoms with Crippen LogP contribution in [0.4, 0.5) is 0 Å². The Morgan fingerprint density at radius 2 is 1.70 bits per heavy atom. The third-order valence-electron chi connectivity index (χ3n) is 3.47. The number of nitrogens with zero attached hydrogens (tertiary/aromatic N) is 2. The first kappa shape index (κ1) is 14.1. The molecule has 2 aromatic rings. The van der Waals surface area contributed by atoms with E-state index >= 15 is 0 Å². The topological polar surface area (TPSA) is 45.8 Å². The van der Waals surface area contributed by atoms with Crippen LogP contribution in [0.15, 0.2) is 29.2 Å². The number of rotatable bonds is 2. The number of nitriles is 1. The highest BCUT2D eigenvalue weighted by Crippen LogP contribution is 2.22. The summed E-state index contributed by atoms with van der Waals surface area (Å²) in [4.78, 5) is 11.9. The van der Waals surface area contributed by atoms with E-state index in [1.54, 1.807) is 12.3 Å². The van der Waals surface area contributed by atoms with Crippen LogP contribution in [-0.2, 0) is 6.42 Å². The van der Waals surface area contributed by atoms with E-state index in [1.165, 1.54) is 5.56 Å². The maximum atomic E-state index is 11.9. The van der Waals surface area contributed by atoms with Crippen LogP contribution in [0.2, 0.25) is 0 Å². The van der Waals surface area contributed by atoms with Crippen molar-refractivity contribution in [3.8, 4) is 11.8 Å². The normalized spacial score (nSPS) is 10.3. The van der Waals surface area contributed by atoms with Crippen molar-refractivity contribution in [1.29, 1.82) is 5.26 Å². The number of aryl methyl sites for hydroxylation is 4. The molecule has 0 atom stereocenters. The highest BCUT2D eigenvalue weighted by Gasteiger charge is 2.10. The monoisotopic (exact) mass is 266 g/mol. The zero-order valence-electron chi connectivity index (χ0n) is 12.3. The van der Waals surface area contributed by atoms with Gasteiger partial charge in [-0.3, -0.25) is 4.79 Å². The second kappa shape index (κ2) is 5.34. The molecule has 0 unspecified atom stereocenters. The minimum atomic E-state index is -0.0669. The van der Waals surface area contributed by atoms with Gasteiger partial charge < -0.3 is 4.57 Å². The summed E-state index contributed by atoms with van der Waals surface area (Å²) in [6, 6.07) is 7.91. The van der Waals surface area contributed by atoms with Gasteiger partial charge in [-0.2, -0.15) is 5.26 Å². The van der Waals surface area contributed by atoms with Crippen LogP contribution >= 0.6 is 0 Å². The van der Waals surface area contributed by atoms with Crippen LogP contribution in [0.25, 0.3) is 5.69 Å². The first-order valence-corrected chi connectivity index (χ1v) is 6.61. The molecule has 1 aromatic heterocycles. The van der Waals surface area contributed by atoms with Crippen LogP contribution in [0.5, 0.6) is 0 Å². The second-order valence-corrected chi connectivity index (χ2v) is 5.26. The fourth-order valence-corrected chi connectivity index (χ4v) is 2.68. The quantitative estimate of drug-likeness (QED) is 0.838. The Balaban J connectivity index is 2.74. The lowest BCUT2D eigenvalue weighted by Crippen LogP contribution is -2.15. The summed E-state index contributed by atoms with van der Waals surface area (Å²) in [6.07, 6.45) is 1.94. The molecule has 0 aliphatic rings. The van der Waals surface area contributed by atoms with Gasteiger partial charge in [0.25, 0.3) is 0 Å². The molecule has 0 saturated heterocycles. The molecule has 3 nitrogen and oxygen atoms in total. The van der Waals surface area contributed by atoms with E-state index in [0.29, 0.717) is 5.56 Å². The van der Waals surface area contributed by atoms with E-state index in [1.807, 2.05) is 17.6 Å². The third-order valence-corrected chi connectivity index (χ3v) is 3.47. The number of hydrogen-bond donors (Lipinski definition) is 0. The lowest BCUT2D eigenvalue weighted by Gasteiger charge is -2.18. The molecule has 1 aromatic carbocycles. The summed E-state index contributed by atoms with van der Waals surface area (Å²) >= 11 is 0. The van der Waals surface area contributed by atoms with Crippen LogP contribution in [-0.4, -0.2) is 4.57 Å². The second-order valence-electron chi connectivity index (χ2n) is 5.26. The Morgan fingerprint density at radius 1 is 1.10 bits per heavy atom. The van der Waals surface area contributed by atoms with E-state index < -0.39 is 0 Å². The molecule has 0 saturated carbocycles. The standard InChI is InChI=1S/C17H18N2O/c1-11-7-12(2)17(13(3)8-11)19-10-15(5-6-18)16(20)9-14(19)4/h7-10H,5H2,1-4H3. The van der Waals surface area contributed by atoms with E-state index in [9.17, 15) is 4.79 Å². The molecule has 0 fully saturated rings. The van der Waals surface area contributed by atoms with Gasteiger partial charge in [0.1, 0.15) is 0 Å². The summed E-state index contributed by atoms with van der Waals surface area (Å²) in [5.41, 5.74) is 5.99. The molecule has 0 amide bonds. The Kier molecular flexibility index (Phi) is 3.76. The molecule has 0 N–H and O–H groups in total. The van der Waals surface area contributed by atoms with Gasteiger partial charge in [-0.1, -0.05) is 17.7 Å². The van der Waals surface area contributed by atoms with E-state index in [2.05, 4.69) is 32.9 Å². The Hall–Kier alpha value is -2.34. The van der Waals surface area contributed by atoms with Crippen LogP contribution < -0.4 is 5.43 Å². The van der Waals surface area contributed by atoms with Crippen molar-refractivity contribution in [2.45, 2.75) is 34.1 Å². The van der Waals surface area contributed by atoms with Crippen LogP contribution in [0.1, 0.15) is 27.9 Å². The van der Waals surface area contributed by atoms with Gasteiger partial charge >= 0.3 is 0 Å². The summed E-state index contributed by atoms with van der Waals surface area (Å²) < 4.78 is 2.01. The van der Waals surface area contributed by atoms with Gasteiger partial charge in [-0.15, -0.1) is 0 Å². The van der Waals surface area contributed by atoms with Crippen molar-refractivity contribution < 1.29 is 0 Å². The minimum Gasteiger partial charge on any atom is -0.320 e. The lowest BCUT2D eigenvalue weighted by atomic mass is 10.0. The summed E-state index contributed by atoms with van der Waals surface area (Å²) in [7, 11) is 0. The first-order valence-electron chi connectivity index (χ1n) is 6.61. The maximum Gasteiger partial charge on any atom is 0.186 e. The maximum absolute atomic E-state index is 11.9. The van der Waals surface area contributed by atoms with E-state index in [4.69, 9.17) is 5.26 Å². The minimum absolute atomic E-state index is 0.0669. The van der Waals surface area contributed by atoms with Crippen molar-refractivity contribution in [2.24, 2.45) is 0 Å². The molecule has 102 valence electrons. The molecule has 0 aliphatic carbocycles. The van der Waals surface area contributed by atoms with Crippen molar-refractivity contribution >= 4 is 0 Å². The predicted octanol–water partition coefficient (Wildman–Crippen LogP) is 3.14. The summed E-state index contributed by atoms with van der Waals surface area (Å²) in [5, 5.41) is 8.82. The molecule has 0 radical (unpaired) electrons. The van der Waals surface area contributed by atoms with Crippen molar-refractivity contribution in [3.63, 3.8) is 0 Å². The van der Waals surface area contributed by atoms with Gasteiger partial charge in [0, 0.05) is 23.5 Å². The van der Waals surface area contributed by atoms with Gasteiger partial charge in [-0.05, 0) is 38.8 Å². The number of aromatic nitrogens is 1. The van der Waals surface area contributed by atoms with Gasteiger partial charge in [0.15, 0.2) is 5.43 Å². The predicted molar refractivity (Wildman–Crippen MR) is 80.3 cm³/mol. The summed E-state index contributed by atoms with van der Waals surface area (Å²) in [6.45, 7) is 8.12. The molecule has 3 heteroatoms. The average Bonchev–Trinajstić information content (AvgIpc) is 2.33. The smallest absolute Gasteiger partial charge is 0.186 e. The molecule has 0 aliphatic heterocycles.